The van der Waals surface area contributed by atoms with Crippen LogP contribution in [0, 0.1) is 0 Å². The van der Waals surface area contributed by atoms with Crippen molar-refractivity contribution < 1.29 is 9.53 Å². The van der Waals surface area contributed by atoms with Crippen molar-refractivity contribution in [3.8, 4) is 0 Å². The second-order valence-electron chi connectivity index (χ2n) is 4.16. The van der Waals surface area contributed by atoms with Crippen molar-refractivity contribution in [2.24, 2.45) is 0 Å². The van der Waals surface area contributed by atoms with Gasteiger partial charge >= 0.3 is 0 Å². The summed E-state index contributed by atoms with van der Waals surface area (Å²) >= 11 is 0. The first-order valence-electron chi connectivity index (χ1n) is 5.44. The summed E-state index contributed by atoms with van der Waals surface area (Å²) < 4.78 is 5.21. The minimum atomic E-state index is -0.213. The lowest BCUT2D eigenvalue weighted by Gasteiger charge is -2.45. The monoisotopic (exact) mass is 210 g/mol. The van der Waals surface area contributed by atoms with Crippen molar-refractivity contribution in [3.05, 3.63) is 12.7 Å². The highest BCUT2D eigenvalue weighted by molar-refractivity contribution is 5.88. The van der Waals surface area contributed by atoms with Crippen LogP contribution in [0.1, 0.15) is 6.42 Å². The van der Waals surface area contributed by atoms with Crippen LogP contribution >= 0.6 is 0 Å². The molecule has 2 rings (SSSR count). The molecule has 0 unspecified atom stereocenters. The molecule has 4 heteroatoms. The fraction of sp³-hybridized carbons (Fsp3) is 0.727. The first-order valence-corrected chi connectivity index (χ1v) is 5.44. The minimum Gasteiger partial charge on any atom is -0.369 e. The Kier molecular flexibility index (Phi) is 3.07. The number of methoxy groups -OCH3 is 1. The molecule has 0 spiro atoms. The molecule has 2 fully saturated rings. The van der Waals surface area contributed by atoms with Crippen LogP contribution in [-0.4, -0.2) is 61.1 Å². The van der Waals surface area contributed by atoms with E-state index in [9.17, 15) is 4.79 Å². The van der Waals surface area contributed by atoms with Crippen LogP contribution in [0.3, 0.4) is 0 Å². The van der Waals surface area contributed by atoms with Gasteiger partial charge in [0.15, 0.2) is 6.10 Å². The van der Waals surface area contributed by atoms with E-state index in [-0.39, 0.29) is 18.1 Å². The van der Waals surface area contributed by atoms with Crippen LogP contribution < -0.4 is 0 Å². The Morgan fingerprint density at radius 2 is 2.40 bits per heavy atom. The molecule has 15 heavy (non-hydrogen) atoms. The first-order chi connectivity index (χ1) is 7.27. The molecule has 0 aromatic carbocycles. The molecule has 0 aromatic heterocycles. The van der Waals surface area contributed by atoms with Gasteiger partial charge in [-0.3, -0.25) is 9.69 Å². The van der Waals surface area contributed by atoms with E-state index in [0.29, 0.717) is 0 Å². The van der Waals surface area contributed by atoms with Gasteiger partial charge in [0.2, 0.25) is 0 Å². The number of nitrogens with zero attached hydrogens (tertiary/aromatic N) is 2. The van der Waals surface area contributed by atoms with E-state index >= 15 is 0 Å². The molecule has 0 aromatic rings. The summed E-state index contributed by atoms with van der Waals surface area (Å²) in [5, 5.41) is 0. The molecule has 0 saturated carbocycles. The number of β-lactam (4-membered cyclic amide) rings is 1. The number of rotatable bonds is 3. The van der Waals surface area contributed by atoms with Gasteiger partial charge in [0.1, 0.15) is 0 Å². The highest BCUT2D eigenvalue weighted by atomic mass is 16.5. The maximum atomic E-state index is 11.6. The predicted octanol–water partition coefficient (Wildman–Crippen LogP) is 0.104. The third-order valence-electron chi connectivity index (χ3n) is 3.24. The van der Waals surface area contributed by atoms with E-state index in [2.05, 4.69) is 11.5 Å². The average Bonchev–Trinajstić information content (AvgIpc) is 2.40. The summed E-state index contributed by atoms with van der Waals surface area (Å²) in [6.45, 7) is 7.48. The second-order valence-corrected chi connectivity index (χ2v) is 4.16. The molecule has 2 aliphatic rings. The zero-order chi connectivity index (χ0) is 10.8. The van der Waals surface area contributed by atoms with Crippen molar-refractivity contribution in [3.63, 3.8) is 0 Å². The van der Waals surface area contributed by atoms with Gasteiger partial charge in [-0.2, -0.15) is 0 Å². The Bertz CT molecular complexity index is 267. The standard InChI is InChI=1S/C11H18N2O2/c1-3-5-12-6-4-7-13-9(8-12)10(15-2)11(13)14/h3,9-10H,1,4-8H2,2H3/t9-,10+/m0/s1. The van der Waals surface area contributed by atoms with Crippen molar-refractivity contribution in [2.75, 3.05) is 33.3 Å². The highest BCUT2D eigenvalue weighted by Crippen LogP contribution is 2.26. The lowest BCUT2D eigenvalue weighted by Crippen LogP contribution is -2.67. The maximum absolute atomic E-state index is 11.6. The van der Waals surface area contributed by atoms with Crippen LogP contribution in [0.5, 0.6) is 0 Å². The van der Waals surface area contributed by atoms with Gasteiger partial charge in [-0.1, -0.05) is 6.08 Å². The van der Waals surface area contributed by atoms with Gasteiger partial charge in [-0.05, 0) is 6.42 Å². The van der Waals surface area contributed by atoms with E-state index < -0.39 is 0 Å². The highest BCUT2D eigenvalue weighted by Gasteiger charge is 2.48. The normalized spacial score (nSPS) is 31.8. The number of fused-ring (bicyclic) bond motifs is 1. The van der Waals surface area contributed by atoms with Crippen molar-refractivity contribution in [1.29, 1.82) is 0 Å². The summed E-state index contributed by atoms with van der Waals surface area (Å²) in [5.74, 6) is 0.156. The van der Waals surface area contributed by atoms with Gasteiger partial charge in [0, 0.05) is 33.3 Å². The molecule has 1 amide bonds. The van der Waals surface area contributed by atoms with E-state index in [1.54, 1.807) is 7.11 Å². The molecular weight excluding hydrogens is 192 g/mol. The number of hydrogen-bond acceptors (Lipinski definition) is 3. The van der Waals surface area contributed by atoms with Crippen LogP contribution in [0.2, 0.25) is 0 Å². The van der Waals surface area contributed by atoms with Crippen molar-refractivity contribution >= 4 is 5.91 Å². The Morgan fingerprint density at radius 1 is 1.60 bits per heavy atom. The lowest BCUT2D eigenvalue weighted by molar-refractivity contribution is -0.169. The topological polar surface area (TPSA) is 32.8 Å². The van der Waals surface area contributed by atoms with E-state index in [0.717, 1.165) is 32.6 Å². The molecule has 4 nitrogen and oxygen atoms in total. The van der Waals surface area contributed by atoms with Crippen LogP contribution in [-0.2, 0) is 9.53 Å². The van der Waals surface area contributed by atoms with Gasteiger partial charge < -0.3 is 9.64 Å². The first kappa shape index (κ1) is 10.6. The van der Waals surface area contributed by atoms with Crippen LogP contribution in [0.4, 0.5) is 0 Å². The zero-order valence-corrected chi connectivity index (χ0v) is 9.19. The third kappa shape index (κ3) is 1.79. The number of hydrogen-bond donors (Lipinski definition) is 0. The van der Waals surface area contributed by atoms with Crippen molar-refractivity contribution in [1.82, 2.24) is 9.80 Å². The third-order valence-corrected chi connectivity index (χ3v) is 3.24. The quantitative estimate of drug-likeness (QED) is 0.489. The number of carbonyl (C=O) groups is 1. The Morgan fingerprint density at radius 3 is 3.07 bits per heavy atom. The van der Waals surface area contributed by atoms with Gasteiger partial charge in [0.05, 0.1) is 6.04 Å². The molecule has 2 aliphatic heterocycles. The lowest BCUT2D eigenvalue weighted by atomic mass is 9.98. The fourth-order valence-corrected chi connectivity index (χ4v) is 2.47. The Hall–Kier alpha value is -0.870. The summed E-state index contributed by atoms with van der Waals surface area (Å²) in [7, 11) is 1.61. The van der Waals surface area contributed by atoms with Gasteiger partial charge in [-0.25, -0.2) is 0 Å². The molecule has 0 aliphatic carbocycles. The Labute approximate surface area is 90.5 Å². The summed E-state index contributed by atoms with van der Waals surface area (Å²) in [5.41, 5.74) is 0. The van der Waals surface area contributed by atoms with E-state index in [4.69, 9.17) is 4.74 Å². The summed E-state index contributed by atoms with van der Waals surface area (Å²) in [6, 6.07) is 0.255. The molecule has 2 atom stereocenters. The summed E-state index contributed by atoms with van der Waals surface area (Å²) in [6.07, 6.45) is 2.75. The van der Waals surface area contributed by atoms with E-state index in [1.165, 1.54) is 0 Å². The molecule has 0 N–H and O–H groups in total. The van der Waals surface area contributed by atoms with Crippen molar-refractivity contribution in [2.45, 2.75) is 18.6 Å². The molecule has 2 heterocycles. The minimum absolute atomic E-state index is 0.156. The van der Waals surface area contributed by atoms with Crippen LogP contribution in [0.15, 0.2) is 12.7 Å². The molecule has 0 bridgehead atoms. The molecule has 2 saturated heterocycles. The van der Waals surface area contributed by atoms with Gasteiger partial charge in [0.25, 0.3) is 5.91 Å². The van der Waals surface area contributed by atoms with Crippen LogP contribution in [0.25, 0.3) is 0 Å². The number of carbonyl (C=O) groups excluding carboxylic acids is 1. The average molecular weight is 210 g/mol. The molecule has 0 radical (unpaired) electrons. The predicted molar refractivity (Wildman–Crippen MR) is 57.6 cm³/mol. The Balaban J connectivity index is 2.00. The maximum Gasteiger partial charge on any atom is 0.254 e. The van der Waals surface area contributed by atoms with E-state index in [1.807, 2.05) is 11.0 Å². The largest absolute Gasteiger partial charge is 0.369 e. The summed E-state index contributed by atoms with van der Waals surface area (Å²) in [4.78, 5) is 15.9. The fourth-order valence-electron chi connectivity index (χ4n) is 2.47. The number of amides is 1. The van der Waals surface area contributed by atoms with Gasteiger partial charge in [-0.15, -0.1) is 6.58 Å². The molecule has 84 valence electrons. The second kappa shape index (κ2) is 4.33. The zero-order valence-electron chi connectivity index (χ0n) is 9.19. The molecular formula is C11H18N2O2. The number of ether oxygens (including phenoxy) is 1. The SMILES string of the molecule is C=CCN1CCCN2C(=O)[C@H](OC)[C@@H]2C1. The smallest absolute Gasteiger partial charge is 0.254 e.